The Labute approximate surface area is 143 Å². The van der Waals surface area contributed by atoms with E-state index in [-0.39, 0.29) is 17.4 Å². The van der Waals surface area contributed by atoms with Crippen molar-refractivity contribution in [1.82, 2.24) is 4.98 Å². The summed E-state index contributed by atoms with van der Waals surface area (Å²) in [6.07, 6.45) is -3.52. The van der Waals surface area contributed by atoms with Crippen LogP contribution in [0.3, 0.4) is 0 Å². The molecule has 0 atom stereocenters. The third kappa shape index (κ3) is 4.85. The molecule has 0 aliphatic carbocycles. The van der Waals surface area contributed by atoms with E-state index in [2.05, 4.69) is 15.6 Å². The van der Waals surface area contributed by atoms with E-state index in [0.717, 1.165) is 12.3 Å². The molecule has 1 amide bonds. The summed E-state index contributed by atoms with van der Waals surface area (Å²) in [7, 11) is 1.47. The third-order valence-corrected chi connectivity index (χ3v) is 3.21. The van der Waals surface area contributed by atoms with Crippen LogP contribution in [-0.2, 0) is 6.18 Å². The third-order valence-electron chi connectivity index (χ3n) is 3.21. The molecule has 0 unspecified atom stereocenters. The Morgan fingerprint density at radius 2 is 1.96 bits per heavy atom. The summed E-state index contributed by atoms with van der Waals surface area (Å²) < 4.78 is 44.8. The Balaban J connectivity index is 2.30. The molecular weight excluding hydrogens is 335 g/mol. The minimum absolute atomic E-state index is 0.190. The lowest BCUT2D eigenvalue weighted by Gasteiger charge is -2.16. The first-order valence-electron chi connectivity index (χ1n) is 7.50. The molecule has 0 fully saturated rings. The molecule has 0 radical (unpaired) electrons. The molecule has 1 aromatic carbocycles. The number of rotatable bonds is 5. The first-order chi connectivity index (χ1) is 11.7. The number of ether oxygens (including phenoxy) is 1. The van der Waals surface area contributed by atoms with E-state index in [1.54, 1.807) is 38.1 Å². The lowest BCUT2D eigenvalue weighted by atomic mass is 10.1. The molecule has 0 saturated heterocycles. The summed E-state index contributed by atoms with van der Waals surface area (Å²) in [6.45, 7) is 3.40. The molecule has 0 aliphatic heterocycles. The van der Waals surface area contributed by atoms with Crippen molar-refractivity contribution in [3.8, 4) is 5.75 Å². The Morgan fingerprint density at radius 1 is 1.24 bits per heavy atom. The van der Waals surface area contributed by atoms with Gasteiger partial charge >= 0.3 is 6.18 Å². The van der Waals surface area contributed by atoms with E-state index >= 15 is 0 Å². The average molecular weight is 353 g/mol. The van der Waals surface area contributed by atoms with E-state index in [0.29, 0.717) is 11.4 Å². The molecule has 8 heteroatoms. The van der Waals surface area contributed by atoms with Crippen LogP contribution in [0.25, 0.3) is 0 Å². The largest absolute Gasteiger partial charge is 0.497 e. The van der Waals surface area contributed by atoms with Crippen LogP contribution in [0.5, 0.6) is 5.75 Å². The predicted octanol–water partition coefficient (Wildman–Crippen LogP) is 4.18. The zero-order chi connectivity index (χ0) is 18.6. The van der Waals surface area contributed by atoms with Crippen molar-refractivity contribution in [2.75, 3.05) is 17.7 Å². The zero-order valence-electron chi connectivity index (χ0n) is 13.9. The maximum atomic E-state index is 13.2. The normalized spacial score (nSPS) is 11.3. The van der Waals surface area contributed by atoms with Gasteiger partial charge in [0, 0.05) is 24.0 Å². The van der Waals surface area contributed by atoms with Crippen molar-refractivity contribution in [2.45, 2.75) is 26.1 Å². The number of halogens is 3. The lowest BCUT2D eigenvalue weighted by Crippen LogP contribution is -2.19. The van der Waals surface area contributed by atoms with Gasteiger partial charge in [-0.15, -0.1) is 0 Å². The van der Waals surface area contributed by atoms with Gasteiger partial charge in [0.15, 0.2) is 0 Å². The van der Waals surface area contributed by atoms with E-state index in [4.69, 9.17) is 4.74 Å². The summed E-state index contributed by atoms with van der Waals surface area (Å²) in [5.41, 5.74) is -0.772. The van der Waals surface area contributed by atoms with Crippen LogP contribution in [0.2, 0.25) is 0 Å². The number of amides is 1. The van der Waals surface area contributed by atoms with Gasteiger partial charge in [-0.2, -0.15) is 13.2 Å². The number of anilines is 2. The fourth-order valence-electron chi connectivity index (χ4n) is 2.10. The highest BCUT2D eigenvalue weighted by Gasteiger charge is 2.35. The Kier molecular flexibility index (Phi) is 5.51. The van der Waals surface area contributed by atoms with Gasteiger partial charge in [-0.1, -0.05) is 6.07 Å². The number of nitrogens with one attached hydrogen (secondary N) is 2. The highest BCUT2D eigenvalue weighted by Crippen LogP contribution is 2.34. The molecule has 25 heavy (non-hydrogen) atoms. The molecule has 0 spiro atoms. The molecule has 0 bridgehead atoms. The molecule has 2 N–H and O–H groups in total. The second kappa shape index (κ2) is 7.42. The number of carbonyl (C=O) groups is 1. The van der Waals surface area contributed by atoms with Crippen LogP contribution in [0.15, 0.2) is 36.5 Å². The van der Waals surface area contributed by atoms with Gasteiger partial charge in [0.05, 0.1) is 18.2 Å². The molecule has 0 aliphatic rings. The van der Waals surface area contributed by atoms with Crippen molar-refractivity contribution < 1.29 is 22.7 Å². The fraction of sp³-hybridized carbons (Fsp3) is 0.294. The average Bonchev–Trinajstić information content (AvgIpc) is 2.53. The number of hydrogen-bond donors (Lipinski definition) is 2. The molecule has 134 valence electrons. The molecule has 1 heterocycles. The smallest absolute Gasteiger partial charge is 0.419 e. The van der Waals surface area contributed by atoms with Crippen molar-refractivity contribution in [2.24, 2.45) is 0 Å². The highest BCUT2D eigenvalue weighted by molar-refractivity contribution is 6.04. The molecular formula is C17H18F3N3O2. The minimum Gasteiger partial charge on any atom is -0.497 e. The van der Waals surface area contributed by atoms with Gasteiger partial charge in [0.2, 0.25) is 0 Å². The second-order valence-corrected chi connectivity index (χ2v) is 5.60. The second-order valence-electron chi connectivity index (χ2n) is 5.60. The predicted molar refractivity (Wildman–Crippen MR) is 88.9 cm³/mol. The van der Waals surface area contributed by atoms with Crippen LogP contribution in [0.4, 0.5) is 24.7 Å². The highest BCUT2D eigenvalue weighted by atomic mass is 19.4. The number of methoxy groups -OCH3 is 1. The number of nitrogens with zero attached hydrogens (tertiary/aromatic N) is 1. The maximum Gasteiger partial charge on any atom is 0.419 e. The lowest BCUT2D eigenvalue weighted by molar-refractivity contribution is -0.137. The fourth-order valence-corrected chi connectivity index (χ4v) is 2.10. The molecule has 1 aromatic heterocycles. The van der Waals surface area contributed by atoms with Crippen molar-refractivity contribution in [1.29, 1.82) is 0 Å². The summed E-state index contributed by atoms with van der Waals surface area (Å²) in [5, 5.41) is 5.16. The Hall–Kier alpha value is -2.77. The number of alkyl halides is 3. The van der Waals surface area contributed by atoms with Gasteiger partial charge in [0.25, 0.3) is 5.91 Å². The van der Waals surface area contributed by atoms with Gasteiger partial charge in [-0.05, 0) is 32.0 Å². The Bertz CT molecular complexity index is 761. The topological polar surface area (TPSA) is 63.2 Å². The number of carbonyl (C=O) groups excluding carboxylic acids is 1. The van der Waals surface area contributed by atoms with E-state index in [1.807, 2.05) is 0 Å². The molecule has 0 saturated carbocycles. The molecule has 2 rings (SSSR count). The van der Waals surface area contributed by atoms with Crippen LogP contribution >= 0.6 is 0 Å². The quantitative estimate of drug-likeness (QED) is 0.846. The van der Waals surface area contributed by atoms with Crippen molar-refractivity contribution in [3.63, 3.8) is 0 Å². The number of benzene rings is 1. The summed E-state index contributed by atoms with van der Waals surface area (Å²) in [6, 6.07) is 7.06. The maximum absolute atomic E-state index is 13.2. The number of pyridine rings is 1. The number of aromatic nitrogens is 1. The standard InChI is InChI=1S/C17H18F3N3O2/c1-10(2)22-15-14(17(18,19)20)7-11(9-21-15)16(24)23-12-5-4-6-13(8-12)25-3/h4-10H,1-3H3,(H,21,22)(H,23,24). The molecule has 5 nitrogen and oxygen atoms in total. The van der Waals surface area contributed by atoms with Crippen LogP contribution in [0, 0.1) is 0 Å². The van der Waals surface area contributed by atoms with Crippen LogP contribution in [-0.4, -0.2) is 24.0 Å². The zero-order valence-corrected chi connectivity index (χ0v) is 13.9. The van der Waals surface area contributed by atoms with E-state index in [9.17, 15) is 18.0 Å². The van der Waals surface area contributed by atoms with Gasteiger partial charge in [0.1, 0.15) is 11.6 Å². The van der Waals surface area contributed by atoms with Gasteiger partial charge in [-0.25, -0.2) is 4.98 Å². The first kappa shape index (κ1) is 18.6. The van der Waals surface area contributed by atoms with Gasteiger partial charge in [-0.3, -0.25) is 4.79 Å². The Morgan fingerprint density at radius 3 is 2.56 bits per heavy atom. The van der Waals surface area contributed by atoms with Crippen molar-refractivity contribution in [3.05, 3.63) is 47.7 Å². The van der Waals surface area contributed by atoms with Gasteiger partial charge < -0.3 is 15.4 Å². The minimum atomic E-state index is -4.63. The van der Waals surface area contributed by atoms with Crippen molar-refractivity contribution >= 4 is 17.4 Å². The summed E-state index contributed by atoms with van der Waals surface area (Å²) >= 11 is 0. The van der Waals surface area contributed by atoms with Crippen LogP contribution < -0.4 is 15.4 Å². The monoisotopic (exact) mass is 353 g/mol. The SMILES string of the molecule is COc1cccc(NC(=O)c2cnc(NC(C)C)c(C(F)(F)F)c2)c1. The summed E-state index contributed by atoms with van der Waals surface area (Å²) in [5.74, 6) is -0.480. The number of hydrogen-bond acceptors (Lipinski definition) is 4. The first-order valence-corrected chi connectivity index (χ1v) is 7.50. The van der Waals surface area contributed by atoms with E-state index in [1.165, 1.54) is 7.11 Å². The summed E-state index contributed by atoms with van der Waals surface area (Å²) in [4.78, 5) is 16.0. The van der Waals surface area contributed by atoms with E-state index < -0.39 is 17.6 Å². The van der Waals surface area contributed by atoms with Crippen LogP contribution in [0.1, 0.15) is 29.8 Å². The molecule has 2 aromatic rings.